The van der Waals surface area contributed by atoms with Gasteiger partial charge in [0.25, 0.3) is 5.56 Å². The van der Waals surface area contributed by atoms with E-state index in [0.29, 0.717) is 23.1 Å². The van der Waals surface area contributed by atoms with Crippen LogP contribution in [0.25, 0.3) is 11.3 Å². The topological polar surface area (TPSA) is 58.7 Å². The number of aromatic nitrogens is 2. The Labute approximate surface area is 225 Å². The van der Waals surface area contributed by atoms with Gasteiger partial charge in [0.2, 0.25) is 0 Å². The van der Waals surface area contributed by atoms with E-state index in [1.807, 2.05) is 56.3 Å². The van der Waals surface area contributed by atoms with Crippen LogP contribution >= 0.6 is 11.8 Å². The zero-order chi connectivity index (χ0) is 26.9. The van der Waals surface area contributed by atoms with E-state index < -0.39 is 0 Å². The summed E-state index contributed by atoms with van der Waals surface area (Å²) in [6, 6.07) is 18.4. The van der Waals surface area contributed by atoms with Crippen LogP contribution in [0.1, 0.15) is 62.3 Å². The molecule has 0 spiro atoms. The fraction of sp³-hybridized carbons (Fsp3) is 0.281. The first kappa shape index (κ1) is 28.0. The Morgan fingerprint density at radius 1 is 1.16 bits per heavy atom. The highest BCUT2D eigenvalue weighted by molar-refractivity contribution is 7.99. The molecule has 0 fully saturated rings. The molecule has 0 unspecified atom stereocenters. The number of nitriles is 1. The van der Waals surface area contributed by atoms with Gasteiger partial charge in [0, 0.05) is 22.1 Å². The van der Waals surface area contributed by atoms with E-state index in [1.54, 1.807) is 28.5 Å². The molecule has 1 aromatic heterocycles. The number of allylic oxidation sites excluding steroid dienone is 5. The van der Waals surface area contributed by atoms with Gasteiger partial charge in [-0.05, 0) is 67.3 Å². The van der Waals surface area contributed by atoms with E-state index in [2.05, 4.69) is 45.6 Å². The molecule has 0 aliphatic rings. The van der Waals surface area contributed by atoms with Crippen molar-refractivity contribution in [1.82, 2.24) is 9.55 Å². The fourth-order valence-corrected chi connectivity index (χ4v) is 5.22. The van der Waals surface area contributed by atoms with Gasteiger partial charge in [-0.1, -0.05) is 70.2 Å². The molecular weight excluding hydrogens is 474 g/mol. The Kier molecular flexibility index (Phi) is 9.88. The molecule has 0 atom stereocenters. The minimum absolute atomic E-state index is 0.0147. The monoisotopic (exact) mass is 509 g/mol. The second-order valence-electron chi connectivity index (χ2n) is 9.14. The van der Waals surface area contributed by atoms with Crippen LogP contribution < -0.4 is 5.56 Å². The molecule has 0 N–H and O–H groups in total. The molecule has 0 saturated heterocycles. The zero-order valence-corrected chi connectivity index (χ0v) is 23.2. The predicted molar refractivity (Wildman–Crippen MR) is 156 cm³/mol. The van der Waals surface area contributed by atoms with Gasteiger partial charge < -0.3 is 0 Å². The van der Waals surface area contributed by atoms with E-state index in [0.717, 1.165) is 46.5 Å². The standard InChI is InChI=1S/C32H35N3OS/c1-7-10-26(21-33)29(9-3)25-14-12-24(13-15-25)20-30-31(11-8-2)34-23(6)35(32(30)36)27-16-18-28(19-17-27)37-22(4)5/h7,9-10,12-19,22H,1,8,11,20H2,2-6H3/b26-10-,29-9-. The van der Waals surface area contributed by atoms with E-state index in [-0.39, 0.29) is 5.56 Å². The quantitative estimate of drug-likeness (QED) is 0.160. The van der Waals surface area contributed by atoms with Gasteiger partial charge in [0.05, 0.1) is 23.0 Å². The summed E-state index contributed by atoms with van der Waals surface area (Å²) in [5, 5.41) is 10.0. The van der Waals surface area contributed by atoms with Crippen molar-refractivity contribution in [2.24, 2.45) is 0 Å². The second-order valence-corrected chi connectivity index (χ2v) is 10.8. The minimum atomic E-state index is -0.0147. The number of thioether (sulfide) groups is 1. The third kappa shape index (κ3) is 6.78. The smallest absolute Gasteiger partial charge is 0.261 e. The van der Waals surface area contributed by atoms with E-state index in [1.165, 1.54) is 4.90 Å². The zero-order valence-electron chi connectivity index (χ0n) is 22.4. The summed E-state index contributed by atoms with van der Waals surface area (Å²) in [5.41, 5.74) is 5.83. The van der Waals surface area contributed by atoms with Crippen LogP contribution in [-0.2, 0) is 12.8 Å². The lowest BCUT2D eigenvalue weighted by atomic mass is 9.95. The van der Waals surface area contributed by atoms with Crippen LogP contribution in [0.2, 0.25) is 0 Å². The van der Waals surface area contributed by atoms with Crippen molar-refractivity contribution in [1.29, 1.82) is 5.26 Å². The average molecular weight is 510 g/mol. The summed E-state index contributed by atoms with van der Waals surface area (Å²) in [6.07, 6.45) is 7.45. The third-order valence-corrected chi connectivity index (χ3v) is 7.03. The first-order chi connectivity index (χ1) is 17.8. The van der Waals surface area contributed by atoms with Crippen molar-refractivity contribution in [3.05, 3.63) is 117 Å². The van der Waals surface area contributed by atoms with Gasteiger partial charge in [-0.3, -0.25) is 9.36 Å². The third-order valence-electron chi connectivity index (χ3n) is 6.01. The van der Waals surface area contributed by atoms with Crippen LogP contribution in [0, 0.1) is 18.3 Å². The molecule has 0 aliphatic carbocycles. The highest BCUT2D eigenvalue weighted by atomic mass is 32.2. The maximum atomic E-state index is 13.8. The molecule has 0 bridgehead atoms. The highest BCUT2D eigenvalue weighted by Crippen LogP contribution is 2.25. The number of aryl methyl sites for hydroxylation is 2. The Balaban J connectivity index is 2.01. The Bertz CT molecular complexity index is 1400. The highest BCUT2D eigenvalue weighted by Gasteiger charge is 2.17. The molecule has 2 aromatic carbocycles. The van der Waals surface area contributed by atoms with Crippen LogP contribution in [0.5, 0.6) is 0 Å². The average Bonchev–Trinajstić information content (AvgIpc) is 2.88. The van der Waals surface area contributed by atoms with Gasteiger partial charge in [-0.15, -0.1) is 11.8 Å². The van der Waals surface area contributed by atoms with Crippen molar-refractivity contribution in [2.45, 2.75) is 64.0 Å². The normalized spacial score (nSPS) is 12.0. The Hall–Kier alpha value is -3.62. The summed E-state index contributed by atoms with van der Waals surface area (Å²) >= 11 is 1.80. The van der Waals surface area contributed by atoms with Crippen molar-refractivity contribution in [2.75, 3.05) is 0 Å². The SMILES string of the molecule is C=C/C=C(C#N)\C(=C/C)c1ccc(Cc2c(CCC)nc(C)n(-c3ccc(SC(C)C)cc3)c2=O)cc1. The van der Waals surface area contributed by atoms with E-state index in [9.17, 15) is 10.1 Å². The molecule has 4 nitrogen and oxygen atoms in total. The van der Waals surface area contributed by atoms with Gasteiger partial charge in [-0.2, -0.15) is 5.26 Å². The summed E-state index contributed by atoms with van der Waals surface area (Å²) in [6.45, 7) is 14.0. The molecule has 0 saturated carbocycles. The molecular formula is C32H35N3OS. The molecule has 3 aromatic rings. The minimum Gasteiger partial charge on any atom is -0.269 e. The summed E-state index contributed by atoms with van der Waals surface area (Å²) in [7, 11) is 0. The molecule has 0 aliphatic heterocycles. The molecule has 0 amide bonds. The van der Waals surface area contributed by atoms with Gasteiger partial charge in [0.15, 0.2) is 0 Å². The number of hydrogen-bond donors (Lipinski definition) is 0. The van der Waals surface area contributed by atoms with Crippen molar-refractivity contribution >= 4 is 17.3 Å². The van der Waals surface area contributed by atoms with Gasteiger partial charge >= 0.3 is 0 Å². The van der Waals surface area contributed by atoms with E-state index >= 15 is 0 Å². The molecule has 37 heavy (non-hydrogen) atoms. The van der Waals surface area contributed by atoms with Crippen LogP contribution in [0.3, 0.4) is 0 Å². The first-order valence-electron chi connectivity index (χ1n) is 12.7. The summed E-state index contributed by atoms with van der Waals surface area (Å²) in [5.74, 6) is 0.701. The number of rotatable bonds is 10. The van der Waals surface area contributed by atoms with Crippen molar-refractivity contribution in [3.8, 4) is 11.8 Å². The van der Waals surface area contributed by atoms with Gasteiger partial charge in [-0.25, -0.2) is 4.98 Å². The fourth-order valence-electron chi connectivity index (χ4n) is 4.38. The molecule has 3 rings (SSSR count). The van der Waals surface area contributed by atoms with Crippen molar-refractivity contribution in [3.63, 3.8) is 0 Å². The predicted octanol–water partition coefficient (Wildman–Crippen LogP) is 7.62. The van der Waals surface area contributed by atoms with E-state index in [4.69, 9.17) is 4.98 Å². The van der Waals surface area contributed by atoms with Gasteiger partial charge in [0.1, 0.15) is 5.82 Å². The number of nitrogens with zero attached hydrogens (tertiary/aromatic N) is 3. The lowest BCUT2D eigenvalue weighted by molar-refractivity contribution is 0.774. The number of benzene rings is 2. The molecule has 190 valence electrons. The summed E-state index contributed by atoms with van der Waals surface area (Å²) < 4.78 is 1.73. The lowest BCUT2D eigenvalue weighted by Gasteiger charge is -2.16. The van der Waals surface area contributed by atoms with Crippen LogP contribution in [0.15, 0.2) is 88.6 Å². The largest absolute Gasteiger partial charge is 0.269 e. The molecule has 0 radical (unpaired) electrons. The summed E-state index contributed by atoms with van der Waals surface area (Å²) in [4.78, 5) is 19.9. The maximum absolute atomic E-state index is 13.8. The molecule has 5 heteroatoms. The number of hydrogen-bond acceptors (Lipinski definition) is 4. The Morgan fingerprint density at radius 2 is 1.84 bits per heavy atom. The van der Waals surface area contributed by atoms with Crippen LogP contribution in [0.4, 0.5) is 0 Å². The maximum Gasteiger partial charge on any atom is 0.261 e. The molecule has 1 heterocycles. The Morgan fingerprint density at radius 3 is 2.38 bits per heavy atom. The second kappa shape index (κ2) is 13.1. The van der Waals surface area contributed by atoms with Crippen LogP contribution in [-0.4, -0.2) is 14.8 Å². The van der Waals surface area contributed by atoms with Crippen molar-refractivity contribution < 1.29 is 0 Å². The lowest BCUT2D eigenvalue weighted by Crippen LogP contribution is -2.28. The first-order valence-corrected chi connectivity index (χ1v) is 13.6.